The number of likely N-dealkylation sites (tertiary alicyclic amines) is 3. The van der Waals surface area contributed by atoms with E-state index in [0.717, 1.165) is 102 Å². The number of piperidine rings is 1. The molecule has 5 aliphatic rings. The molecule has 4 saturated heterocycles. The Bertz CT molecular complexity index is 1790. The van der Waals surface area contributed by atoms with Crippen LogP contribution in [0.1, 0.15) is 50.5 Å². The predicted octanol–water partition coefficient (Wildman–Crippen LogP) is 4.55. The summed E-state index contributed by atoms with van der Waals surface area (Å²) in [7, 11) is 0.320. The minimum atomic E-state index is -3.53. The van der Waals surface area contributed by atoms with Gasteiger partial charge in [0, 0.05) is 69.0 Å². The minimum absolute atomic E-state index is 0.111. The number of carbonyl (C=O) groups excluding carboxylic acids is 1. The van der Waals surface area contributed by atoms with Crippen molar-refractivity contribution in [3.05, 3.63) is 72.1 Å². The van der Waals surface area contributed by atoms with E-state index in [1.54, 1.807) is 29.2 Å². The summed E-state index contributed by atoms with van der Waals surface area (Å²) in [4.78, 5) is 35.6. The van der Waals surface area contributed by atoms with Crippen LogP contribution in [-0.2, 0) is 20.0 Å². The third kappa shape index (κ3) is 8.74. The summed E-state index contributed by atoms with van der Waals surface area (Å²) in [5, 5.41) is 12.1. The number of hydrogen-bond donors (Lipinski definition) is 2. The summed E-state index contributed by atoms with van der Waals surface area (Å²) < 4.78 is 41.7. The van der Waals surface area contributed by atoms with Gasteiger partial charge in [-0.05, 0) is 139 Å². The highest BCUT2D eigenvalue weighted by Gasteiger charge is 2.53. The molecule has 0 radical (unpaired) electrons. The van der Waals surface area contributed by atoms with E-state index in [9.17, 15) is 27.5 Å². The summed E-state index contributed by atoms with van der Waals surface area (Å²) in [5.41, 5.74) is 1.73. The Balaban J connectivity index is 0.958. The molecule has 0 bridgehead atoms. The number of carboxylic acid groups (broad SMARTS) is 1. The molecule has 1 saturated carbocycles. The second-order valence-electron chi connectivity index (χ2n) is 17.0. The second kappa shape index (κ2) is 16.9. The molecule has 4 atom stereocenters. The Morgan fingerprint density at radius 3 is 2.33 bits per heavy atom. The second-order valence-corrected chi connectivity index (χ2v) is 19.2. The first-order valence-corrected chi connectivity index (χ1v) is 21.9. The molecule has 5 fully saturated rings. The number of carbonyl (C=O) groups is 2. The lowest BCUT2D eigenvalue weighted by molar-refractivity contribution is -0.129. The maximum absolute atomic E-state index is 15.0. The molecule has 13 heteroatoms. The Hall–Kier alpha value is -3.52. The van der Waals surface area contributed by atoms with Gasteiger partial charge in [-0.2, -0.15) is 0 Å². The van der Waals surface area contributed by atoms with Gasteiger partial charge in [0.15, 0.2) is 9.84 Å². The summed E-state index contributed by atoms with van der Waals surface area (Å²) in [6, 6.07) is 14.3. The third-order valence-corrected chi connectivity index (χ3v) is 15.4. The van der Waals surface area contributed by atoms with Crippen LogP contribution < -0.4 is 10.2 Å². The molecule has 4 aliphatic heterocycles. The molecule has 2 amide bonds. The van der Waals surface area contributed by atoms with E-state index in [0.29, 0.717) is 23.3 Å². The highest BCUT2D eigenvalue weighted by Crippen LogP contribution is 2.51. The maximum atomic E-state index is 15.0. The number of amides is 2. The molecule has 1 aliphatic carbocycles. The number of likely N-dealkylation sites (N-methyl/N-ethyl adjacent to an activating group) is 1. The molecule has 2 unspecified atom stereocenters. The van der Waals surface area contributed by atoms with Gasteiger partial charge in [0.1, 0.15) is 11.1 Å². The number of nitrogens with one attached hydrogen (secondary N) is 1. The van der Waals surface area contributed by atoms with Crippen LogP contribution in [-0.4, -0.2) is 143 Å². The Kier molecular flexibility index (Phi) is 12.2. The lowest BCUT2D eigenvalue weighted by atomic mass is 9.57. The summed E-state index contributed by atoms with van der Waals surface area (Å²) in [6.45, 7) is 8.77. The van der Waals surface area contributed by atoms with Gasteiger partial charge in [-0.1, -0.05) is 24.6 Å². The summed E-state index contributed by atoms with van der Waals surface area (Å²) >= 11 is 0. The summed E-state index contributed by atoms with van der Waals surface area (Å²) in [5.74, 6) is 0.547. The van der Waals surface area contributed by atoms with E-state index < -0.39 is 21.2 Å². The van der Waals surface area contributed by atoms with E-state index >= 15 is 0 Å². The zero-order valence-corrected chi connectivity index (χ0v) is 33.3. The lowest BCUT2D eigenvalue weighted by Gasteiger charge is -2.53. The van der Waals surface area contributed by atoms with Crippen LogP contribution in [0.15, 0.2) is 65.6 Å². The van der Waals surface area contributed by atoms with Crippen LogP contribution >= 0.6 is 0 Å². The average Bonchev–Trinajstić information content (AvgIpc) is 3.77. The Labute approximate surface area is 326 Å². The molecule has 4 heterocycles. The first-order valence-electron chi connectivity index (χ1n) is 20.3. The zero-order chi connectivity index (χ0) is 38.7. The predicted molar refractivity (Wildman–Crippen MR) is 213 cm³/mol. The van der Waals surface area contributed by atoms with E-state index in [2.05, 4.69) is 26.1 Å². The van der Waals surface area contributed by atoms with Crippen molar-refractivity contribution in [2.45, 2.75) is 66.5 Å². The third-order valence-electron chi connectivity index (χ3n) is 13.3. The quantitative estimate of drug-likeness (QED) is 0.267. The molecular weight excluding hydrogens is 720 g/mol. The van der Waals surface area contributed by atoms with Crippen molar-refractivity contribution >= 4 is 27.5 Å². The molecule has 2 aromatic carbocycles. The van der Waals surface area contributed by atoms with Crippen molar-refractivity contribution in [3.63, 3.8) is 0 Å². The maximum Gasteiger partial charge on any atom is 0.404 e. The topological polar surface area (TPSA) is 117 Å². The standard InChI is InChI=1S/C42H59FN6O5S/c1-45(2)19-5-11-40(50)49-28-37(29-49)55(53,54)36-14-12-35(13-15-36)48-24-16-31(27-48)26-46-22-17-32(18-23-46)42(30-47-20-6-21-47,33-7-3-8-34(43)25-33)38-9-4-10-39(38)44-41(51)52/h3,5,7-8,11-15,25,31-32,37-39,44H,4,6,9-10,16-24,26-30H2,1-2H3,(H,51,52)/b11-5+/t31?,38-,39-,42?/m0/s1. The first kappa shape index (κ1) is 39.7. The van der Waals surface area contributed by atoms with Gasteiger partial charge in [0.25, 0.3) is 0 Å². The fraction of sp³-hybridized carbons (Fsp3) is 0.619. The molecule has 2 N–H and O–H groups in total. The van der Waals surface area contributed by atoms with Crippen molar-refractivity contribution < 1.29 is 27.5 Å². The van der Waals surface area contributed by atoms with Gasteiger partial charge >= 0.3 is 6.09 Å². The number of halogens is 1. The molecule has 0 aromatic heterocycles. The van der Waals surface area contributed by atoms with Gasteiger partial charge in [0.2, 0.25) is 5.91 Å². The van der Waals surface area contributed by atoms with Gasteiger partial charge < -0.3 is 34.9 Å². The highest BCUT2D eigenvalue weighted by atomic mass is 32.2. The van der Waals surface area contributed by atoms with Crippen LogP contribution in [0, 0.1) is 23.6 Å². The van der Waals surface area contributed by atoms with Gasteiger partial charge in [-0.3, -0.25) is 4.79 Å². The normalized spacial score (nSPS) is 25.6. The van der Waals surface area contributed by atoms with Crippen LogP contribution in [0.3, 0.4) is 0 Å². The Morgan fingerprint density at radius 1 is 0.927 bits per heavy atom. The highest BCUT2D eigenvalue weighted by molar-refractivity contribution is 7.92. The number of anilines is 1. The summed E-state index contributed by atoms with van der Waals surface area (Å²) in [6.07, 6.45) is 9.29. The molecule has 55 heavy (non-hydrogen) atoms. The number of hydrogen-bond acceptors (Lipinski definition) is 8. The number of sulfone groups is 1. The zero-order valence-electron chi connectivity index (χ0n) is 32.5. The molecular formula is C42H59FN6O5S. The van der Waals surface area contributed by atoms with E-state index in [-0.39, 0.29) is 42.2 Å². The smallest absolute Gasteiger partial charge is 0.404 e. The lowest BCUT2D eigenvalue weighted by Crippen LogP contribution is -2.59. The molecule has 0 spiro atoms. The van der Waals surface area contributed by atoms with Crippen molar-refractivity contribution in [1.82, 2.24) is 24.9 Å². The van der Waals surface area contributed by atoms with Crippen molar-refractivity contribution in [2.24, 2.45) is 17.8 Å². The largest absolute Gasteiger partial charge is 0.465 e. The molecule has 2 aromatic rings. The van der Waals surface area contributed by atoms with Gasteiger partial charge in [0.05, 0.1) is 4.90 Å². The Morgan fingerprint density at radius 2 is 1.67 bits per heavy atom. The fourth-order valence-corrected chi connectivity index (χ4v) is 11.9. The fourth-order valence-electron chi connectivity index (χ4n) is 10.2. The van der Waals surface area contributed by atoms with E-state index in [4.69, 9.17) is 0 Å². The van der Waals surface area contributed by atoms with E-state index in [1.807, 2.05) is 37.2 Å². The van der Waals surface area contributed by atoms with Gasteiger partial charge in [-0.25, -0.2) is 17.6 Å². The average molecular weight is 779 g/mol. The van der Waals surface area contributed by atoms with Crippen molar-refractivity contribution in [1.29, 1.82) is 0 Å². The van der Waals surface area contributed by atoms with Crippen molar-refractivity contribution in [3.8, 4) is 0 Å². The van der Waals surface area contributed by atoms with Gasteiger partial charge in [-0.15, -0.1) is 0 Å². The van der Waals surface area contributed by atoms with Crippen molar-refractivity contribution in [2.75, 3.05) is 91.0 Å². The van der Waals surface area contributed by atoms with Crippen LogP contribution in [0.2, 0.25) is 0 Å². The van der Waals surface area contributed by atoms with Crippen LogP contribution in [0.25, 0.3) is 0 Å². The number of rotatable bonds is 14. The first-order chi connectivity index (χ1) is 26.4. The molecule has 300 valence electrons. The number of nitrogens with zero attached hydrogens (tertiary/aromatic N) is 5. The van der Waals surface area contributed by atoms with Crippen LogP contribution in [0.5, 0.6) is 0 Å². The minimum Gasteiger partial charge on any atom is -0.465 e. The monoisotopic (exact) mass is 778 g/mol. The molecule has 7 rings (SSSR count). The van der Waals surface area contributed by atoms with Crippen LogP contribution in [0.4, 0.5) is 14.9 Å². The molecule has 11 nitrogen and oxygen atoms in total. The van der Waals surface area contributed by atoms with E-state index in [1.165, 1.54) is 18.6 Å². The SMILES string of the molecule is CN(C)C/C=C/C(=O)N1CC(S(=O)(=O)c2ccc(N3CCC(CN4CCC(C(CN5CCC5)(c5cccc(F)c5)[C@H]5CCC[C@@H]5NC(=O)O)CC4)C3)cc2)C1. The number of benzene rings is 2.